The van der Waals surface area contributed by atoms with Gasteiger partial charge in [0.05, 0.1) is 12.2 Å². The molecule has 0 saturated carbocycles. The van der Waals surface area contributed by atoms with E-state index >= 15 is 0 Å². The van der Waals surface area contributed by atoms with Crippen LogP contribution in [0.3, 0.4) is 0 Å². The molecule has 0 spiro atoms. The van der Waals surface area contributed by atoms with Crippen LogP contribution in [0.4, 0.5) is 0 Å². The van der Waals surface area contributed by atoms with Crippen molar-refractivity contribution in [2.24, 2.45) is 5.10 Å². The molecule has 0 heterocycles. The van der Waals surface area contributed by atoms with E-state index in [1.54, 1.807) is 66.7 Å². The summed E-state index contributed by atoms with van der Waals surface area (Å²) in [7, 11) is 0. The lowest BCUT2D eigenvalue weighted by Gasteiger charge is -2.08. The number of carboxylic acids is 1. The molecule has 2 N–H and O–H groups in total. The molecule has 3 rings (SSSR count). The number of nitrogens with zero attached hydrogens (tertiary/aromatic N) is 1. The van der Waals surface area contributed by atoms with Gasteiger partial charge < -0.3 is 20.0 Å². The third-order valence-electron chi connectivity index (χ3n) is 4.50. The van der Waals surface area contributed by atoms with Gasteiger partial charge in [0.2, 0.25) is 0 Å². The molecule has 0 radical (unpaired) electrons. The van der Waals surface area contributed by atoms with Crippen molar-refractivity contribution in [2.75, 3.05) is 6.61 Å². The minimum atomic E-state index is -1.32. The van der Waals surface area contributed by atoms with Crippen LogP contribution >= 0.6 is 0 Å². The fourth-order valence-corrected chi connectivity index (χ4v) is 2.80. The molecule has 8 heteroatoms. The van der Waals surface area contributed by atoms with E-state index in [1.807, 2.05) is 30.3 Å². The van der Waals surface area contributed by atoms with E-state index in [9.17, 15) is 19.5 Å². The topological polar surface area (TPSA) is 120 Å². The van der Waals surface area contributed by atoms with Crippen molar-refractivity contribution in [3.05, 3.63) is 119 Å². The van der Waals surface area contributed by atoms with Crippen LogP contribution in [0.15, 0.2) is 108 Å². The number of carboxylic acid groups (broad SMARTS) is 1. The van der Waals surface area contributed by atoms with E-state index in [4.69, 9.17) is 4.74 Å². The number of allylic oxidation sites excluding steroid dienone is 2. The molecule has 8 nitrogen and oxygen atoms in total. The molecule has 0 unspecified atom stereocenters. The van der Waals surface area contributed by atoms with Gasteiger partial charge in [0.15, 0.2) is 0 Å². The summed E-state index contributed by atoms with van der Waals surface area (Å²) in [5.41, 5.74) is 4.37. The lowest BCUT2D eigenvalue weighted by molar-refractivity contribution is -0.307. The van der Waals surface area contributed by atoms with Crippen molar-refractivity contribution in [1.29, 1.82) is 0 Å². The van der Waals surface area contributed by atoms with Crippen LogP contribution in [0.1, 0.15) is 21.5 Å². The molecule has 0 bridgehead atoms. The predicted octanol–water partition coefficient (Wildman–Crippen LogP) is 2.29. The highest BCUT2D eigenvalue weighted by Gasteiger charge is 2.13. The fourth-order valence-electron chi connectivity index (χ4n) is 2.80. The summed E-state index contributed by atoms with van der Waals surface area (Å²) >= 11 is 0. The SMILES string of the molecule is O=C([O-])COc1ccc(/C=N\NC(=O)/C(=C\C=C\c2ccccc2)NC(=O)c2ccccc2)cc1. The normalized spacial score (nSPS) is 11.4. The van der Waals surface area contributed by atoms with Gasteiger partial charge in [0.1, 0.15) is 18.1 Å². The van der Waals surface area contributed by atoms with E-state index in [0.717, 1.165) is 5.56 Å². The Balaban J connectivity index is 1.68. The second-order valence-electron chi connectivity index (χ2n) is 7.10. The summed E-state index contributed by atoms with van der Waals surface area (Å²) in [5.74, 6) is -2.01. The van der Waals surface area contributed by atoms with Crippen LogP contribution in [-0.4, -0.2) is 30.6 Å². The van der Waals surface area contributed by atoms with Gasteiger partial charge in [-0.2, -0.15) is 5.10 Å². The highest BCUT2D eigenvalue weighted by molar-refractivity contribution is 6.03. The highest BCUT2D eigenvalue weighted by Crippen LogP contribution is 2.11. The number of hydrazone groups is 1. The second kappa shape index (κ2) is 12.9. The van der Waals surface area contributed by atoms with Gasteiger partial charge in [-0.05, 0) is 53.6 Å². The molecule has 3 aromatic carbocycles. The Morgan fingerprint density at radius 2 is 1.51 bits per heavy atom. The van der Waals surface area contributed by atoms with Crippen LogP contribution in [0.5, 0.6) is 5.75 Å². The van der Waals surface area contributed by atoms with Crippen molar-refractivity contribution in [3.8, 4) is 5.75 Å². The summed E-state index contributed by atoms with van der Waals surface area (Å²) in [6.07, 6.45) is 6.35. The highest BCUT2D eigenvalue weighted by atomic mass is 16.5. The number of ether oxygens (including phenoxy) is 1. The molecular formula is C27H22N3O5-. The van der Waals surface area contributed by atoms with Crippen molar-refractivity contribution in [3.63, 3.8) is 0 Å². The van der Waals surface area contributed by atoms with Crippen molar-refractivity contribution in [2.45, 2.75) is 0 Å². The second-order valence-corrected chi connectivity index (χ2v) is 7.10. The summed E-state index contributed by atoms with van der Waals surface area (Å²) < 4.78 is 5.01. The van der Waals surface area contributed by atoms with Gasteiger partial charge >= 0.3 is 0 Å². The largest absolute Gasteiger partial charge is 0.546 e. The standard InChI is InChI=1S/C27H23N3O5/c31-25(32)19-35-23-16-14-21(15-17-23)18-28-30-27(34)24(13-7-10-20-8-3-1-4-9-20)29-26(33)22-11-5-2-6-12-22/h1-18H,19H2,(H,29,33)(H,30,34)(H,31,32)/p-1/b10-7+,24-13+,28-18-. The number of carbonyl (C=O) groups is 3. The van der Waals surface area contributed by atoms with Crippen LogP contribution in [0, 0.1) is 0 Å². The minimum Gasteiger partial charge on any atom is -0.546 e. The van der Waals surface area contributed by atoms with E-state index in [1.165, 1.54) is 12.3 Å². The molecule has 0 aromatic heterocycles. The molecule has 3 aromatic rings. The smallest absolute Gasteiger partial charge is 0.287 e. The summed E-state index contributed by atoms with van der Waals surface area (Å²) in [5, 5.41) is 17.0. The van der Waals surface area contributed by atoms with Crippen molar-refractivity contribution >= 4 is 30.1 Å². The van der Waals surface area contributed by atoms with Gasteiger partial charge in [0, 0.05) is 5.56 Å². The number of nitrogens with one attached hydrogen (secondary N) is 2. The van der Waals surface area contributed by atoms with Gasteiger partial charge in [0.25, 0.3) is 11.8 Å². The van der Waals surface area contributed by atoms with Gasteiger partial charge in [-0.3, -0.25) is 9.59 Å². The third kappa shape index (κ3) is 8.47. The molecule has 0 aliphatic carbocycles. The zero-order valence-corrected chi connectivity index (χ0v) is 18.6. The number of carbonyl (C=O) groups excluding carboxylic acids is 3. The zero-order valence-electron chi connectivity index (χ0n) is 18.6. The average molecular weight is 468 g/mol. The van der Waals surface area contributed by atoms with Crippen LogP contribution < -0.4 is 20.6 Å². The van der Waals surface area contributed by atoms with E-state index in [0.29, 0.717) is 16.9 Å². The summed E-state index contributed by atoms with van der Waals surface area (Å²) in [6.45, 7) is -0.550. The first-order valence-electron chi connectivity index (χ1n) is 10.6. The first kappa shape index (κ1) is 24.7. The van der Waals surface area contributed by atoms with E-state index in [2.05, 4.69) is 15.8 Å². The van der Waals surface area contributed by atoms with Crippen molar-refractivity contribution < 1.29 is 24.2 Å². The Morgan fingerprint density at radius 1 is 0.857 bits per heavy atom. The first-order chi connectivity index (χ1) is 17.0. The zero-order chi connectivity index (χ0) is 24.9. The molecule has 0 atom stereocenters. The van der Waals surface area contributed by atoms with Crippen LogP contribution in [-0.2, 0) is 9.59 Å². The van der Waals surface area contributed by atoms with Gasteiger partial charge in [-0.15, -0.1) is 0 Å². The summed E-state index contributed by atoms with van der Waals surface area (Å²) in [6, 6.07) is 24.4. The number of hydrogen-bond donors (Lipinski definition) is 2. The Morgan fingerprint density at radius 3 is 2.17 bits per heavy atom. The average Bonchev–Trinajstić information content (AvgIpc) is 2.88. The Hall–Kier alpha value is -4.98. The lowest BCUT2D eigenvalue weighted by Crippen LogP contribution is -2.32. The predicted molar refractivity (Wildman–Crippen MR) is 130 cm³/mol. The number of hydrogen-bond acceptors (Lipinski definition) is 6. The van der Waals surface area contributed by atoms with Crippen molar-refractivity contribution in [1.82, 2.24) is 10.7 Å². The molecule has 0 fully saturated rings. The Kier molecular flexibility index (Phi) is 9.09. The van der Waals surface area contributed by atoms with E-state index < -0.39 is 24.4 Å². The maximum atomic E-state index is 12.7. The number of amides is 2. The monoisotopic (exact) mass is 468 g/mol. The number of rotatable bonds is 10. The molecule has 35 heavy (non-hydrogen) atoms. The molecule has 0 aliphatic rings. The maximum Gasteiger partial charge on any atom is 0.287 e. The van der Waals surface area contributed by atoms with Gasteiger partial charge in [-0.1, -0.05) is 60.7 Å². The van der Waals surface area contributed by atoms with Gasteiger partial charge in [-0.25, -0.2) is 5.43 Å². The molecule has 176 valence electrons. The molecule has 0 saturated heterocycles. The molecular weight excluding hydrogens is 446 g/mol. The minimum absolute atomic E-state index is 0.00853. The van der Waals surface area contributed by atoms with Crippen LogP contribution in [0.25, 0.3) is 6.08 Å². The maximum absolute atomic E-state index is 12.7. The van der Waals surface area contributed by atoms with Crippen LogP contribution in [0.2, 0.25) is 0 Å². The molecule has 0 aliphatic heterocycles. The molecule has 2 amide bonds. The third-order valence-corrected chi connectivity index (χ3v) is 4.50. The number of aliphatic carboxylic acids is 1. The lowest BCUT2D eigenvalue weighted by atomic mass is 10.2. The number of benzene rings is 3. The Bertz CT molecular complexity index is 1230. The van der Waals surface area contributed by atoms with E-state index in [-0.39, 0.29) is 5.70 Å². The quantitative estimate of drug-likeness (QED) is 0.205. The summed E-state index contributed by atoms with van der Waals surface area (Å²) in [4.78, 5) is 35.7. The first-order valence-corrected chi connectivity index (χ1v) is 10.6. The Labute approximate surface area is 202 Å². The fraction of sp³-hybridized carbons (Fsp3) is 0.0370.